The van der Waals surface area contributed by atoms with Crippen molar-refractivity contribution in [3.8, 4) is 11.5 Å². The van der Waals surface area contributed by atoms with Gasteiger partial charge in [-0.15, -0.1) is 0 Å². The van der Waals surface area contributed by atoms with E-state index in [1.165, 1.54) is 11.1 Å². The molecule has 8 nitrogen and oxygen atoms in total. The van der Waals surface area contributed by atoms with Gasteiger partial charge >= 0.3 is 12.1 Å². The van der Waals surface area contributed by atoms with Crippen LogP contribution in [0, 0.1) is 17.8 Å². The highest BCUT2D eigenvalue weighted by molar-refractivity contribution is 5.81. The number of fused-ring (bicyclic) bond motifs is 3. The van der Waals surface area contributed by atoms with Gasteiger partial charge in [-0.1, -0.05) is 27.7 Å². The summed E-state index contributed by atoms with van der Waals surface area (Å²) in [6.07, 6.45) is 1.74. The van der Waals surface area contributed by atoms with E-state index >= 15 is 0 Å². The number of hydrogen-bond acceptors (Lipinski definition) is 7. The molecule has 3 unspecified atom stereocenters. The molecule has 1 aromatic rings. The molecule has 8 heteroatoms. The predicted molar refractivity (Wildman–Crippen MR) is 143 cm³/mol. The maximum Gasteiger partial charge on any atom is 0.408 e. The maximum atomic E-state index is 13.4. The Bertz CT molecular complexity index is 954. The molecule has 0 bridgehead atoms. The Morgan fingerprint density at radius 3 is 2.30 bits per heavy atom. The summed E-state index contributed by atoms with van der Waals surface area (Å²) in [6, 6.07) is 3.50. The van der Waals surface area contributed by atoms with E-state index in [2.05, 4.69) is 36.2 Å². The molecule has 0 radical (unpaired) electrons. The summed E-state index contributed by atoms with van der Waals surface area (Å²) in [4.78, 5) is 28.4. The molecular weight excluding hydrogens is 472 g/mol. The Hall–Kier alpha value is -2.48. The first-order valence-corrected chi connectivity index (χ1v) is 13.5. The van der Waals surface area contributed by atoms with Crippen LogP contribution in [0.3, 0.4) is 0 Å². The minimum atomic E-state index is -0.782. The number of esters is 1. The highest BCUT2D eigenvalue weighted by Crippen LogP contribution is 2.44. The Morgan fingerprint density at radius 1 is 1.08 bits per heavy atom. The fourth-order valence-electron chi connectivity index (χ4n) is 5.54. The Kier molecular flexibility index (Phi) is 9.37. The number of nitrogens with zero attached hydrogens (tertiary/aromatic N) is 1. The lowest BCUT2D eigenvalue weighted by molar-refractivity contribution is -0.161. The monoisotopic (exact) mass is 518 g/mol. The number of ether oxygens (including phenoxy) is 4. The van der Waals surface area contributed by atoms with Crippen LogP contribution in [0.2, 0.25) is 0 Å². The quantitative estimate of drug-likeness (QED) is 0.478. The minimum Gasteiger partial charge on any atom is -0.493 e. The smallest absolute Gasteiger partial charge is 0.408 e. The molecule has 1 aromatic carbocycles. The Morgan fingerprint density at radius 2 is 1.73 bits per heavy atom. The van der Waals surface area contributed by atoms with Crippen LogP contribution in [0.15, 0.2) is 12.1 Å². The molecule has 2 aliphatic rings. The van der Waals surface area contributed by atoms with E-state index in [0.717, 1.165) is 31.7 Å². The van der Waals surface area contributed by atoms with E-state index in [4.69, 9.17) is 18.9 Å². The van der Waals surface area contributed by atoms with E-state index in [1.54, 1.807) is 35.0 Å². The molecule has 208 valence electrons. The second-order valence-electron chi connectivity index (χ2n) is 12.1. The standard InChI is InChI=1S/C29H46N2O6/c1-17(2)12-20-16-31-11-10-19-13-24(34-8)25(35-9)14-21(19)22(31)15-23(20)36-27(32)26(18(3)4)30-28(33)37-29(5,6)7/h13-14,17-18,20,22-23,26H,10-12,15-16H2,1-9H3,(H,30,33)/t20?,22?,23-,26?/m1/s1. The van der Waals surface area contributed by atoms with Gasteiger partial charge in [0.2, 0.25) is 0 Å². The number of rotatable bonds is 8. The van der Waals surface area contributed by atoms with Crippen molar-refractivity contribution >= 4 is 12.1 Å². The molecule has 1 fully saturated rings. The third-order valence-corrected chi connectivity index (χ3v) is 7.20. The molecule has 1 amide bonds. The van der Waals surface area contributed by atoms with Gasteiger partial charge in [-0.2, -0.15) is 0 Å². The van der Waals surface area contributed by atoms with E-state index in [0.29, 0.717) is 18.1 Å². The second-order valence-corrected chi connectivity index (χ2v) is 12.1. The molecule has 0 saturated carbocycles. The van der Waals surface area contributed by atoms with Crippen molar-refractivity contribution in [1.29, 1.82) is 0 Å². The summed E-state index contributed by atoms with van der Waals surface area (Å²) >= 11 is 0. The molecule has 1 saturated heterocycles. The lowest BCUT2D eigenvalue weighted by atomic mass is 9.79. The number of amides is 1. The van der Waals surface area contributed by atoms with Gasteiger partial charge in [-0.3, -0.25) is 4.90 Å². The van der Waals surface area contributed by atoms with Crippen LogP contribution < -0.4 is 14.8 Å². The van der Waals surface area contributed by atoms with E-state index < -0.39 is 23.7 Å². The number of piperidine rings is 1. The van der Waals surface area contributed by atoms with Crippen LogP contribution in [0.4, 0.5) is 4.79 Å². The minimum absolute atomic E-state index is 0.126. The highest BCUT2D eigenvalue weighted by Gasteiger charge is 2.42. The SMILES string of the molecule is COc1cc2c(cc1OC)C1C[C@@H](OC(=O)C(NC(=O)OC(C)(C)C)C(C)C)C(CC(C)C)CN1CC2. The highest BCUT2D eigenvalue weighted by atomic mass is 16.6. The average Bonchev–Trinajstić information content (AvgIpc) is 2.80. The average molecular weight is 519 g/mol. The summed E-state index contributed by atoms with van der Waals surface area (Å²) in [5.41, 5.74) is 1.81. The van der Waals surface area contributed by atoms with Crippen molar-refractivity contribution in [1.82, 2.24) is 10.2 Å². The summed E-state index contributed by atoms with van der Waals surface area (Å²) in [6.45, 7) is 15.4. The molecule has 37 heavy (non-hydrogen) atoms. The molecule has 3 rings (SSSR count). The molecular formula is C29H46N2O6. The predicted octanol–water partition coefficient (Wildman–Crippen LogP) is 5.13. The van der Waals surface area contributed by atoms with E-state index in [1.807, 2.05) is 13.8 Å². The fourth-order valence-corrected chi connectivity index (χ4v) is 5.54. The van der Waals surface area contributed by atoms with Gasteiger partial charge in [0, 0.05) is 31.5 Å². The maximum absolute atomic E-state index is 13.4. The van der Waals surface area contributed by atoms with Gasteiger partial charge in [0.1, 0.15) is 17.7 Å². The summed E-state index contributed by atoms with van der Waals surface area (Å²) in [7, 11) is 3.31. The fraction of sp³-hybridized carbons (Fsp3) is 0.724. The Balaban J connectivity index is 1.84. The summed E-state index contributed by atoms with van der Waals surface area (Å²) < 4.78 is 22.8. The van der Waals surface area contributed by atoms with Crippen LogP contribution >= 0.6 is 0 Å². The van der Waals surface area contributed by atoms with E-state index in [9.17, 15) is 9.59 Å². The second kappa shape index (κ2) is 11.9. The molecule has 0 aliphatic carbocycles. The number of carbonyl (C=O) groups excluding carboxylic acids is 2. The number of methoxy groups -OCH3 is 2. The number of alkyl carbamates (subject to hydrolysis) is 1. The zero-order valence-electron chi connectivity index (χ0n) is 24.1. The van der Waals surface area contributed by atoms with Crippen LogP contribution in [0.25, 0.3) is 0 Å². The summed E-state index contributed by atoms with van der Waals surface area (Å²) in [5, 5.41) is 2.74. The van der Waals surface area contributed by atoms with Gasteiger partial charge in [0.15, 0.2) is 11.5 Å². The first-order valence-electron chi connectivity index (χ1n) is 13.5. The molecule has 2 aliphatic heterocycles. The number of hydrogen-bond donors (Lipinski definition) is 1. The van der Waals surface area contributed by atoms with Crippen LogP contribution in [0.5, 0.6) is 11.5 Å². The van der Waals surface area contributed by atoms with Crippen molar-refractivity contribution in [2.75, 3.05) is 27.3 Å². The normalized spacial score (nSPS) is 22.6. The van der Waals surface area contributed by atoms with Crippen molar-refractivity contribution in [2.45, 2.75) is 91.5 Å². The van der Waals surface area contributed by atoms with Gasteiger partial charge in [-0.05, 0) is 68.7 Å². The summed E-state index contributed by atoms with van der Waals surface area (Å²) in [5.74, 6) is 1.59. The van der Waals surface area contributed by atoms with Gasteiger partial charge in [0.25, 0.3) is 0 Å². The molecule has 4 atom stereocenters. The van der Waals surface area contributed by atoms with Gasteiger partial charge in [0.05, 0.1) is 14.2 Å². The van der Waals surface area contributed by atoms with Crippen LogP contribution in [-0.2, 0) is 20.7 Å². The molecule has 2 heterocycles. The van der Waals surface area contributed by atoms with Crippen molar-refractivity contribution < 1.29 is 28.5 Å². The molecule has 1 N–H and O–H groups in total. The largest absolute Gasteiger partial charge is 0.493 e. The lowest BCUT2D eigenvalue weighted by Gasteiger charge is -2.47. The van der Waals surface area contributed by atoms with Crippen molar-refractivity contribution in [3.05, 3.63) is 23.3 Å². The zero-order chi connectivity index (χ0) is 27.5. The third-order valence-electron chi connectivity index (χ3n) is 7.20. The molecule has 0 spiro atoms. The Labute approximate surface area is 222 Å². The zero-order valence-corrected chi connectivity index (χ0v) is 24.1. The van der Waals surface area contributed by atoms with Crippen LogP contribution in [0.1, 0.15) is 78.5 Å². The van der Waals surface area contributed by atoms with Crippen LogP contribution in [-0.4, -0.2) is 62.0 Å². The molecule has 0 aromatic heterocycles. The first-order chi connectivity index (χ1) is 17.3. The van der Waals surface area contributed by atoms with Gasteiger partial charge < -0.3 is 24.3 Å². The van der Waals surface area contributed by atoms with Crippen molar-refractivity contribution in [3.63, 3.8) is 0 Å². The topological polar surface area (TPSA) is 86.3 Å². The van der Waals surface area contributed by atoms with Gasteiger partial charge in [-0.25, -0.2) is 9.59 Å². The third kappa shape index (κ3) is 7.30. The number of carbonyl (C=O) groups is 2. The van der Waals surface area contributed by atoms with Crippen molar-refractivity contribution in [2.24, 2.45) is 17.8 Å². The number of benzene rings is 1. The first kappa shape index (κ1) is 29.1. The van der Waals surface area contributed by atoms with E-state index in [-0.39, 0.29) is 24.0 Å². The lowest BCUT2D eigenvalue weighted by Crippen LogP contribution is -2.52. The number of nitrogens with one attached hydrogen (secondary N) is 1.